The number of hydrogen-bond acceptors (Lipinski definition) is 4. The largest absolute Gasteiger partial charge is 0.433 e. The fourth-order valence-corrected chi connectivity index (χ4v) is 2.04. The predicted octanol–water partition coefficient (Wildman–Crippen LogP) is 2.60. The van der Waals surface area contributed by atoms with Crippen LogP contribution in [0.1, 0.15) is 0 Å². The van der Waals surface area contributed by atoms with Crippen molar-refractivity contribution in [1.82, 2.24) is 14.5 Å². The standard InChI is InChI=1S/C13H10F2N4O/c14-12(15)20-11-4-2-1-3-10(11)19-9-5-6-17-7-8(9)18-13(19)16/h1-7,12H,(H2,16,18). The van der Waals surface area contributed by atoms with Crippen molar-refractivity contribution in [3.8, 4) is 11.4 Å². The number of para-hydroxylation sites is 2. The van der Waals surface area contributed by atoms with Gasteiger partial charge in [0.05, 0.1) is 17.4 Å². The summed E-state index contributed by atoms with van der Waals surface area (Å²) in [6.07, 6.45) is 3.13. The van der Waals surface area contributed by atoms with E-state index in [1.54, 1.807) is 41.2 Å². The van der Waals surface area contributed by atoms with Gasteiger partial charge in [0.2, 0.25) is 5.95 Å². The number of hydrogen-bond donors (Lipinski definition) is 1. The second-order valence-corrected chi connectivity index (χ2v) is 4.02. The number of nitrogens with zero attached hydrogens (tertiary/aromatic N) is 3. The van der Waals surface area contributed by atoms with Crippen molar-refractivity contribution >= 4 is 17.0 Å². The molecular weight excluding hydrogens is 266 g/mol. The number of pyridine rings is 1. The Balaban J connectivity index is 2.23. The average Bonchev–Trinajstić information content (AvgIpc) is 2.75. The summed E-state index contributed by atoms with van der Waals surface area (Å²) in [7, 11) is 0. The number of rotatable bonds is 3. The smallest absolute Gasteiger partial charge is 0.387 e. The maximum absolute atomic E-state index is 12.5. The second-order valence-electron chi connectivity index (χ2n) is 4.02. The van der Waals surface area contributed by atoms with Crippen LogP contribution < -0.4 is 10.5 Å². The molecule has 5 nitrogen and oxygen atoms in total. The summed E-state index contributed by atoms with van der Waals surface area (Å²) in [5.41, 5.74) is 7.52. The van der Waals surface area contributed by atoms with E-state index < -0.39 is 6.61 Å². The van der Waals surface area contributed by atoms with Gasteiger partial charge in [0.15, 0.2) is 0 Å². The van der Waals surface area contributed by atoms with E-state index in [9.17, 15) is 8.78 Å². The van der Waals surface area contributed by atoms with Gasteiger partial charge in [-0.05, 0) is 18.2 Å². The monoisotopic (exact) mass is 276 g/mol. The summed E-state index contributed by atoms with van der Waals surface area (Å²) in [5.74, 6) is 0.212. The van der Waals surface area contributed by atoms with Crippen LogP contribution in [0.15, 0.2) is 42.7 Å². The molecule has 0 spiro atoms. The SMILES string of the molecule is Nc1nc2cnccc2n1-c1ccccc1OC(F)F. The molecule has 3 aromatic rings. The molecule has 0 fully saturated rings. The second kappa shape index (κ2) is 4.76. The van der Waals surface area contributed by atoms with Crippen molar-refractivity contribution in [2.45, 2.75) is 6.61 Å². The molecule has 0 saturated carbocycles. The fourth-order valence-electron chi connectivity index (χ4n) is 2.04. The Morgan fingerprint density at radius 2 is 2.00 bits per heavy atom. The van der Waals surface area contributed by atoms with Crippen molar-refractivity contribution < 1.29 is 13.5 Å². The maximum Gasteiger partial charge on any atom is 0.387 e. The van der Waals surface area contributed by atoms with Gasteiger partial charge < -0.3 is 10.5 Å². The highest BCUT2D eigenvalue weighted by atomic mass is 19.3. The zero-order valence-electron chi connectivity index (χ0n) is 10.2. The van der Waals surface area contributed by atoms with Gasteiger partial charge in [-0.15, -0.1) is 0 Å². The summed E-state index contributed by atoms with van der Waals surface area (Å²) in [6.45, 7) is -2.91. The van der Waals surface area contributed by atoms with E-state index in [1.165, 1.54) is 6.07 Å². The molecule has 2 N–H and O–H groups in total. The molecule has 2 aromatic heterocycles. The van der Waals surface area contributed by atoms with Gasteiger partial charge in [-0.25, -0.2) is 4.98 Å². The molecule has 0 atom stereocenters. The molecule has 0 aliphatic carbocycles. The Kier molecular flexibility index (Phi) is 2.94. The lowest BCUT2D eigenvalue weighted by atomic mass is 10.3. The van der Waals surface area contributed by atoms with E-state index in [0.29, 0.717) is 16.7 Å². The Hall–Kier alpha value is -2.70. The zero-order valence-corrected chi connectivity index (χ0v) is 10.2. The van der Waals surface area contributed by atoms with Crippen LogP contribution in [0, 0.1) is 0 Å². The maximum atomic E-state index is 12.5. The number of aromatic nitrogens is 3. The molecule has 7 heteroatoms. The minimum atomic E-state index is -2.91. The topological polar surface area (TPSA) is 66.0 Å². The van der Waals surface area contributed by atoms with Crippen LogP contribution in [0.5, 0.6) is 5.75 Å². The van der Waals surface area contributed by atoms with Gasteiger partial charge in [-0.1, -0.05) is 12.1 Å². The van der Waals surface area contributed by atoms with E-state index in [2.05, 4.69) is 14.7 Å². The number of fused-ring (bicyclic) bond motifs is 1. The van der Waals surface area contributed by atoms with Gasteiger partial charge in [0, 0.05) is 6.20 Å². The zero-order chi connectivity index (χ0) is 14.1. The molecule has 3 rings (SSSR count). The Morgan fingerprint density at radius 1 is 1.20 bits per heavy atom. The first-order valence-electron chi connectivity index (χ1n) is 5.79. The van der Waals surface area contributed by atoms with E-state index in [-0.39, 0.29) is 11.7 Å². The lowest BCUT2D eigenvalue weighted by Gasteiger charge is -2.12. The first kappa shape index (κ1) is 12.3. The summed E-state index contributed by atoms with van der Waals surface area (Å²) < 4.78 is 31.0. The summed E-state index contributed by atoms with van der Waals surface area (Å²) in [4.78, 5) is 8.09. The summed E-state index contributed by atoms with van der Waals surface area (Å²) in [6, 6.07) is 8.11. The van der Waals surface area contributed by atoms with Gasteiger partial charge >= 0.3 is 6.61 Å². The van der Waals surface area contributed by atoms with Gasteiger partial charge in [-0.2, -0.15) is 8.78 Å². The molecule has 2 heterocycles. The first-order chi connectivity index (χ1) is 9.66. The van der Waals surface area contributed by atoms with E-state index in [0.717, 1.165) is 0 Å². The van der Waals surface area contributed by atoms with Crippen LogP contribution in [0.4, 0.5) is 14.7 Å². The number of nitrogens with two attached hydrogens (primary N) is 1. The predicted molar refractivity (Wildman–Crippen MR) is 69.9 cm³/mol. The van der Waals surface area contributed by atoms with E-state index in [1.807, 2.05) is 0 Å². The molecule has 20 heavy (non-hydrogen) atoms. The Labute approximate surface area is 112 Å². The molecule has 0 unspecified atom stereocenters. The summed E-state index contributed by atoms with van der Waals surface area (Å²) in [5, 5.41) is 0. The van der Waals surface area contributed by atoms with Gasteiger partial charge in [0.1, 0.15) is 11.3 Å². The number of alkyl halides is 2. The van der Waals surface area contributed by atoms with Crippen LogP contribution in [0.3, 0.4) is 0 Å². The van der Waals surface area contributed by atoms with Crippen molar-refractivity contribution in [2.75, 3.05) is 5.73 Å². The Morgan fingerprint density at radius 3 is 2.80 bits per heavy atom. The molecule has 0 radical (unpaired) electrons. The molecule has 0 saturated heterocycles. The van der Waals surface area contributed by atoms with Crippen LogP contribution in [-0.2, 0) is 0 Å². The number of nitrogen functional groups attached to an aromatic ring is 1. The lowest BCUT2D eigenvalue weighted by Crippen LogP contribution is -2.07. The highest BCUT2D eigenvalue weighted by molar-refractivity contribution is 5.80. The third kappa shape index (κ3) is 2.03. The number of halogens is 2. The Bertz CT molecular complexity index is 757. The minimum absolute atomic E-state index is 0.0327. The van der Waals surface area contributed by atoms with Gasteiger partial charge in [0.25, 0.3) is 0 Å². The molecule has 102 valence electrons. The highest BCUT2D eigenvalue weighted by Gasteiger charge is 2.15. The first-order valence-corrected chi connectivity index (χ1v) is 5.79. The normalized spacial score (nSPS) is 11.2. The van der Waals surface area contributed by atoms with Gasteiger partial charge in [-0.3, -0.25) is 9.55 Å². The fraction of sp³-hybridized carbons (Fsp3) is 0.0769. The van der Waals surface area contributed by atoms with E-state index >= 15 is 0 Å². The van der Waals surface area contributed by atoms with Crippen molar-refractivity contribution in [3.05, 3.63) is 42.7 Å². The summed E-state index contributed by atoms with van der Waals surface area (Å²) >= 11 is 0. The number of imidazole rings is 1. The van der Waals surface area contributed by atoms with Crippen molar-refractivity contribution in [1.29, 1.82) is 0 Å². The number of benzene rings is 1. The molecule has 0 amide bonds. The molecule has 0 aliphatic heterocycles. The molecule has 1 aromatic carbocycles. The third-order valence-corrected chi connectivity index (χ3v) is 2.80. The minimum Gasteiger partial charge on any atom is -0.433 e. The quantitative estimate of drug-likeness (QED) is 0.798. The third-order valence-electron chi connectivity index (χ3n) is 2.80. The van der Waals surface area contributed by atoms with Crippen molar-refractivity contribution in [3.63, 3.8) is 0 Å². The van der Waals surface area contributed by atoms with Crippen molar-refractivity contribution in [2.24, 2.45) is 0 Å². The van der Waals surface area contributed by atoms with Crippen LogP contribution in [0.25, 0.3) is 16.7 Å². The number of anilines is 1. The van der Waals surface area contributed by atoms with Crippen LogP contribution >= 0.6 is 0 Å². The lowest BCUT2D eigenvalue weighted by molar-refractivity contribution is -0.0498. The molecular formula is C13H10F2N4O. The average molecular weight is 276 g/mol. The highest BCUT2D eigenvalue weighted by Crippen LogP contribution is 2.29. The van der Waals surface area contributed by atoms with Crippen LogP contribution in [0.2, 0.25) is 0 Å². The number of ether oxygens (including phenoxy) is 1. The van der Waals surface area contributed by atoms with E-state index in [4.69, 9.17) is 5.73 Å². The van der Waals surface area contributed by atoms with Crippen LogP contribution in [-0.4, -0.2) is 21.1 Å². The molecule has 0 aliphatic rings. The molecule has 0 bridgehead atoms.